The molecule has 0 spiro atoms. The second-order valence-electron chi connectivity index (χ2n) is 1.62. The van der Waals surface area contributed by atoms with E-state index in [-0.39, 0.29) is 0 Å². The highest BCUT2D eigenvalue weighted by Gasteiger charge is 1.99. The van der Waals surface area contributed by atoms with Crippen LogP contribution in [0, 0.1) is 0 Å². The number of nitrogens with two attached hydrogens (primary N) is 1. The van der Waals surface area contributed by atoms with Gasteiger partial charge in [0.15, 0.2) is 0 Å². The first kappa shape index (κ1) is 6.47. The lowest BCUT2D eigenvalue weighted by Gasteiger charge is -1.90. The molecule has 5 heteroatoms. The zero-order valence-corrected chi connectivity index (χ0v) is 5.11. The Kier molecular flexibility index (Phi) is 1.79. The van der Waals surface area contributed by atoms with E-state index in [1.807, 2.05) is 0 Å². The molecule has 0 saturated carbocycles. The quantitative estimate of drug-likeness (QED) is 0.528. The topological polar surface area (TPSA) is 79.8 Å². The molecule has 0 radical (unpaired) electrons. The molecule has 0 aromatic rings. The van der Waals surface area contributed by atoms with E-state index in [4.69, 9.17) is 5.73 Å². The van der Waals surface area contributed by atoms with Gasteiger partial charge in [-0.25, -0.2) is 0 Å². The van der Waals surface area contributed by atoms with Crippen LogP contribution in [0.2, 0.25) is 0 Å². The lowest BCUT2D eigenvalue weighted by Crippen LogP contribution is -2.13. The lowest BCUT2D eigenvalue weighted by molar-refractivity contribution is -0.114. The molecule has 0 aromatic heterocycles. The molecule has 1 heterocycles. The van der Waals surface area contributed by atoms with E-state index < -0.39 is 5.91 Å². The van der Waals surface area contributed by atoms with Crippen molar-refractivity contribution in [3.63, 3.8) is 0 Å². The number of nitrogens with zero attached hydrogens (tertiary/aromatic N) is 2. The molecule has 1 aliphatic rings. The summed E-state index contributed by atoms with van der Waals surface area (Å²) in [7, 11) is 0. The van der Waals surface area contributed by atoms with Gasteiger partial charge in [-0.2, -0.15) is 0 Å². The normalized spacial score (nSPS) is 15.4. The minimum atomic E-state index is -0.504. The number of nitrogens with one attached hydrogen (secondary N) is 1. The molecule has 0 aromatic carbocycles. The maximum absolute atomic E-state index is 10.5. The molecular weight excluding hydrogens is 132 g/mol. The van der Waals surface area contributed by atoms with Crippen LogP contribution >= 0.6 is 0 Å². The van der Waals surface area contributed by atoms with E-state index in [0.29, 0.717) is 5.57 Å². The Labute approximate surface area is 57.3 Å². The summed E-state index contributed by atoms with van der Waals surface area (Å²) in [6.07, 6.45) is 4.25. The fourth-order valence-electron chi connectivity index (χ4n) is 0.480. The predicted molar refractivity (Wildman–Crippen MR) is 34.4 cm³/mol. The summed E-state index contributed by atoms with van der Waals surface area (Å²) >= 11 is 0. The van der Waals surface area contributed by atoms with E-state index >= 15 is 0 Å². The summed E-state index contributed by atoms with van der Waals surface area (Å²) in [5.74, 6) is -0.504. The van der Waals surface area contributed by atoms with Crippen molar-refractivity contribution < 1.29 is 4.79 Å². The van der Waals surface area contributed by atoms with Crippen molar-refractivity contribution >= 4 is 5.91 Å². The van der Waals surface area contributed by atoms with Gasteiger partial charge in [-0.3, -0.25) is 10.2 Å². The van der Waals surface area contributed by atoms with Gasteiger partial charge in [0.1, 0.15) is 0 Å². The average Bonchev–Trinajstić information content (AvgIpc) is 2.12. The van der Waals surface area contributed by atoms with E-state index in [1.165, 1.54) is 18.5 Å². The maximum Gasteiger partial charge on any atom is 0.250 e. The first-order valence-electron chi connectivity index (χ1n) is 2.62. The maximum atomic E-state index is 10.5. The largest absolute Gasteiger partial charge is 0.366 e. The summed E-state index contributed by atoms with van der Waals surface area (Å²) in [6.45, 7) is 0. The van der Waals surface area contributed by atoms with Crippen LogP contribution in [0.1, 0.15) is 0 Å². The molecule has 10 heavy (non-hydrogen) atoms. The highest BCUT2D eigenvalue weighted by atomic mass is 16.1. The number of carbonyl (C=O) groups is 1. The molecule has 1 aliphatic heterocycles. The van der Waals surface area contributed by atoms with Crippen molar-refractivity contribution in [1.29, 1.82) is 0 Å². The molecule has 0 unspecified atom stereocenters. The number of hydrogen-bond donors (Lipinski definition) is 2. The standard InChI is InChI=1S/C5H6N4O/c6-5(10)4-1-2-7-9-8-3-4/h1-3H,(H2,6,10)(H,7,8). The molecule has 1 rings (SSSR count). The average molecular weight is 138 g/mol. The Morgan fingerprint density at radius 2 is 2.50 bits per heavy atom. The monoisotopic (exact) mass is 138 g/mol. The summed E-state index contributed by atoms with van der Waals surface area (Å²) in [5, 5.41) is 6.88. The van der Waals surface area contributed by atoms with Crippen LogP contribution in [-0.4, -0.2) is 5.91 Å². The highest BCUT2D eigenvalue weighted by molar-refractivity contribution is 5.94. The van der Waals surface area contributed by atoms with Gasteiger partial charge in [0, 0.05) is 6.20 Å². The van der Waals surface area contributed by atoms with Crippen LogP contribution < -0.4 is 11.2 Å². The fourth-order valence-corrected chi connectivity index (χ4v) is 0.480. The summed E-state index contributed by atoms with van der Waals surface area (Å²) < 4.78 is 0. The molecular formula is C5H6N4O. The minimum absolute atomic E-state index is 0.352. The number of primary amides is 1. The fraction of sp³-hybridized carbons (Fsp3) is 0. The van der Waals surface area contributed by atoms with Crippen molar-refractivity contribution in [3.8, 4) is 0 Å². The van der Waals surface area contributed by atoms with Gasteiger partial charge in [-0.05, 0) is 6.08 Å². The third-order valence-corrected chi connectivity index (χ3v) is 0.941. The van der Waals surface area contributed by atoms with Crippen molar-refractivity contribution in [2.45, 2.75) is 0 Å². The van der Waals surface area contributed by atoms with Gasteiger partial charge in [-0.15, -0.1) is 5.11 Å². The molecule has 0 atom stereocenters. The Morgan fingerprint density at radius 3 is 3.20 bits per heavy atom. The first-order valence-corrected chi connectivity index (χ1v) is 2.62. The number of hydrogen-bond acceptors (Lipinski definition) is 4. The summed E-state index contributed by atoms with van der Waals surface area (Å²) in [5.41, 5.74) is 7.72. The van der Waals surface area contributed by atoms with Crippen LogP contribution in [0.25, 0.3) is 0 Å². The van der Waals surface area contributed by atoms with Crippen LogP contribution in [0.5, 0.6) is 0 Å². The van der Waals surface area contributed by atoms with Gasteiger partial charge >= 0.3 is 0 Å². The van der Waals surface area contributed by atoms with E-state index in [2.05, 4.69) is 15.8 Å². The molecule has 3 N–H and O–H groups in total. The number of amides is 1. The number of rotatable bonds is 1. The predicted octanol–water partition coefficient (Wildman–Crippen LogP) is -0.160. The van der Waals surface area contributed by atoms with Gasteiger partial charge in [-0.1, -0.05) is 5.22 Å². The van der Waals surface area contributed by atoms with E-state index in [9.17, 15) is 4.79 Å². The second-order valence-corrected chi connectivity index (χ2v) is 1.62. The van der Waals surface area contributed by atoms with Crippen LogP contribution in [0.4, 0.5) is 0 Å². The van der Waals surface area contributed by atoms with Gasteiger partial charge in [0.2, 0.25) is 5.91 Å². The third-order valence-electron chi connectivity index (χ3n) is 0.941. The Morgan fingerprint density at radius 1 is 1.70 bits per heavy atom. The van der Waals surface area contributed by atoms with Gasteiger partial charge in [0.25, 0.3) is 0 Å². The molecule has 52 valence electrons. The Hall–Kier alpha value is -1.65. The van der Waals surface area contributed by atoms with Crippen LogP contribution in [0.3, 0.4) is 0 Å². The molecule has 5 nitrogen and oxygen atoms in total. The van der Waals surface area contributed by atoms with Crippen molar-refractivity contribution in [3.05, 3.63) is 24.0 Å². The number of carbonyl (C=O) groups excluding carboxylic acids is 1. The molecule has 0 bridgehead atoms. The molecule has 1 amide bonds. The third kappa shape index (κ3) is 1.41. The van der Waals surface area contributed by atoms with Crippen molar-refractivity contribution in [1.82, 2.24) is 5.43 Å². The zero-order chi connectivity index (χ0) is 7.40. The van der Waals surface area contributed by atoms with Crippen molar-refractivity contribution in [2.75, 3.05) is 0 Å². The van der Waals surface area contributed by atoms with Crippen molar-refractivity contribution in [2.24, 2.45) is 16.1 Å². The SMILES string of the molecule is NC(=O)C1=CNN=NC=C1. The van der Waals surface area contributed by atoms with E-state index in [0.717, 1.165) is 0 Å². The van der Waals surface area contributed by atoms with Gasteiger partial charge in [0.05, 0.1) is 11.8 Å². The van der Waals surface area contributed by atoms with E-state index in [1.54, 1.807) is 0 Å². The smallest absolute Gasteiger partial charge is 0.250 e. The highest BCUT2D eigenvalue weighted by Crippen LogP contribution is 1.96. The minimum Gasteiger partial charge on any atom is -0.366 e. The summed E-state index contributed by atoms with van der Waals surface area (Å²) in [4.78, 5) is 10.5. The molecule has 0 aliphatic carbocycles. The van der Waals surface area contributed by atoms with Crippen LogP contribution in [-0.2, 0) is 4.79 Å². The summed E-state index contributed by atoms with van der Waals surface area (Å²) in [6, 6.07) is 0. The molecule has 0 saturated heterocycles. The second kappa shape index (κ2) is 2.77. The lowest BCUT2D eigenvalue weighted by atomic mass is 10.3. The zero-order valence-electron chi connectivity index (χ0n) is 5.11. The Bertz CT molecular complexity index is 228. The van der Waals surface area contributed by atoms with Gasteiger partial charge < -0.3 is 5.73 Å². The Balaban J connectivity index is 2.78. The molecule has 0 fully saturated rings. The van der Waals surface area contributed by atoms with Crippen LogP contribution in [0.15, 0.2) is 34.4 Å². The first-order chi connectivity index (χ1) is 4.80.